The van der Waals surface area contributed by atoms with Crippen LogP contribution in [0, 0.1) is 0 Å². The van der Waals surface area contributed by atoms with Crippen LogP contribution in [0.15, 0.2) is 22.8 Å². The van der Waals surface area contributed by atoms with Crippen LogP contribution < -0.4 is 5.73 Å². The van der Waals surface area contributed by atoms with Crippen molar-refractivity contribution in [2.24, 2.45) is 5.73 Å². The smallest absolute Gasteiger partial charge is 0.117 e. The van der Waals surface area contributed by atoms with Gasteiger partial charge < -0.3 is 10.2 Å². The summed E-state index contributed by atoms with van der Waals surface area (Å²) in [5.41, 5.74) is 5.74. The first-order valence-corrected chi connectivity index (χ1v) is 5.44. The van der Waals surface area contributed by atoms with Crippen LogP contribution in [-0.4, -0.2) is 49.1 Å². The van der Waals surface area contributed by atoms with Gasteiger partial charge in [-0.3, -0.25) is 9.80 Å². The Hall–Kier alpha value is -0.840. The van der Waals surface area contributed by atoms with Gasteiger partial charge in [-0.1, -0.05) is 0 Å². The third kappa shape index (κ3) is 2.59. The van der Waals surface area contributed by atoms with Crippen LogP contribution in [0.2, 0.25) is 0 Å². The number of nitrogens with two attached hydrogens (primary N) is 1. The van der Waals surface area contributed by atoms with Crippen molar-refractivity contribution in [1.82, 2.24) is 9.80 Å². The van der Waals surface area contributed by atoms with Gasteiger partial charge in [0.25, 0.3) is 0 Å². The zero-order valence-corrected chi connectivity index (χ0v) is 9.22. The molecule has 2 heterocycles. The number of hydrogen-bond donors (Lipinski definition) is 1. The Labute approximate surface area is 90.6 Å². The van der Waals surface area contributed by atoms with E-state index in [1.54, 1.807) is 6.26 Å². The first-order chi connectivity index (χ1) is 7.29. The van der Waals surface area contributed by atoms with E-state index in [2.05, 4.69) is 16.8 Å². The molecule has 1 saturated heterocycles. The van der Waals surface area contributed by atoms with Gasteiger partial charge >= 0.3 is 0 Å². The molecule has 15 heavy (non-hydrogen) atoms. The molecule has 1 aliphatic heterocycles. The average Bonchev–Trinajstić information content (AvgIpc) is 2.73. The number of nitrogens with zero attached hydrogens (tertiary/aromatic N) is 2. The largest absolute Gasteiger partial charge is 0.468 e. The van der Waals surface area contributed by atoms with Crippen LogP contribution in [0.3, 0.4) is 0 Å². The minimum absolute atomic E-state index is 0.480. The number of hydrogen-bond acceptors (Lipinski definition) is 4. The van der Waals surface area contributed by atoms with Gasteiger partial charge in [-0.15, -0.1) is 0 Å². The molecule has 0 amide bonds. The predicted molar refractivity (Wildman–Crippen MR) is 59.5 cm³/mol. The van der Waals surface area contributed by atoms with Gasteiger partial charge in [0, 0.05) is 32.2 Å². The van der Waals surface area contributed by atoms with Crippen molar-refractivity contribution in [3.05, 3.63) is 24.2 Å². The highest BCUT2D eigenvalue weighted by Crippen LogP contribution is 2.11. The molecule has 0 aromatic carbocycles. The minimum Gasteiger partial charge on any atom is -0.468 e. The van der Waals surface area contributed by atoms with E-state index in [0.29, 0.717) is 6.04 Å². The zero-order valence-electron chi connectivity index (χ0n) is 9.22. The maximum atomic E-state index is 5.74. The molecule has 4 heteroatoms. The first-order valence-electron chi connectivity index (χ1n) is 5.44. The molecule has 4 nitrogen and oxygen atoms in total. The van der Waals surface area contributed by atoms with E-state index in [1.807, 2.05) is 12.1 Å². The summed E-state index contributed by atoms with van der Waals surface area (Å²) in [5, 5.41) is 0. The Morgan fingerprint density at radius 3 is 3.07 bits per heavy atom. The van der Waals surface area contributed by atoms with E-state index >= 15 is 0 Å². The van der Waals surface area contributed by atoms with Crippen molar-refractivity contribution in [2.45, 2.75) is 12.6 Å². The lowest BCUT2D eigenvalue weighted by Crippen LogP contribution is -2.53. The molecule has 2 rings (SSSR count). The van der Waals surface area contributed by atoms with Gasteiger partial charge in [-0.05, 0) is 19.2 Å². The lowest BCUT2D eigenvalue weighted by atomic mass is 10.2. The quantitative estimate of drug-likeness (QED) is 0.780. The van der Waals surface area contributed by atoms with Gasteiger partial charge in [0.05, 0.1) is 12.8 Å². The maximum absolute atomic E-state index is 5.74. The summed E-state index contributed by atoms with van der Waals surface area (Å²) < 4.78 is 5.35. The highest BCUT2D eigenvalue weighted by molar-refractivity contribution is 4.98. The maximum Gasteiger partial charge on any atom is 0.117 e. The molecule has 2 N–H and O–H groups in total. The topological polar surface area (TPSA) is 45.6 Å². The summed E-state index contributed by atoms with van der Waals surface area (Å²) in [6.07, 6.45) is 1.73. The Morgan fingerprint density at radius 2 is 2.40 bits per heavy atom. The fourth-order valence-electron chi connectivity index (χ4n) is 2.03. The van der Waals surface area contributed by atoms with Crippen LogP contribution in [0.1, 0.15) is 5.76 Å². The van der Waals surface area contributed by atoms with Crippen molar-refractivity contribution in [3.8, 4) is 0 Å². The second-order valence-electron chi connectivity index (χ2n) is 4.18. The lowest BCUT2D eigenvalue weighted by Gasteiger charge is -2.38. The molecular weight excluding hydrogens is 190 g/mol. The van der Waals surface area contributed by atoms with Gasteiger partial charge in [0.2, 0.25) is 0 Å². The normalized spacial score (nSPS) is 24.5. The summed E-state index contributed by atoms with van der Waals surface area (Å²) in [6, 6.07) is 4.44. The fraction of sp³-hybridized carbons (Fsp3) is 0.636. The molecule has 1 aromatic rings. The fourth-order valence-corrected chi connectivity index (χ4v) is 2.03. The summed E-state index contributed by atoms with van der Waals surface area (Å²) in [5.74, 6) is 1.04. The van der Waals surface area contributed by atoms with Gasteiger partial charge in [-0.25, -0.2) is 0 Å². The molecule has 1 aromatic heterocycles. The number of furan rings is 1. The molecule has 84 valence electrons. The SMILES string of the molecule is CN1CCN(Cc2ccco2)CC1CN. The molecular formula is C11H19N3O. The lowest BCUT2D eigenvalue weighted by molar-refractivity contribution is 0.0896. The highest BCUT2D eigenvalue weighted by Gasteiger charge is 2.23. The molecule has 1 fully saturated rings. The van der Waals surface area contributed by atoms with Crippen molar-refractivity contribution in [1.29, 1.82) is 0 Å². The summed E-state index contributed by atoms with van der Waals surface area (Å²) in [6.45, 7) is 4.84. The second-order valence-corrected chi connectivity index (χ2v) is 4.18. The Balaban J connectivity index is 1.89. The van der Waals surface area contributed by atoms with E-state index < -0.39 is 0 Å². The summed E-state index contributed by atoms with van der Waals surface area (Å²) in [7, 11) is 2.14. The van der Waals surface area contributed by atoms with Crippen LogP contribution in [0.5, 0.6) is 0 Å². The number of likely N-dealkylation sites (N-methyl/N-ethyl adjacent to an activating group) is 1. The van der Waals surface area contributed by atoms with E-state index in [-0.39, 0.29) is 0 Å². The first kappa shape index (κ1) is 10.7. The monoisotopic (exact) mass is 209 g/mol. The molecule has 0 spiro atoms. The third-order valence-electron chi connectivity index (χ3n) is 3.09. The number of rotatable bonds is 3. The Morgan fingerprint density at radius 1 is 1.53 bits per heavy atom. The van der Waals surface area contributed by atoms with Crippen molar-refractivity contribution in [2.75, 3.05) is 33.2 Å². The van der Waals surface area contributed by atoms with Crippen LogP contribution in [0.4, 0.5) is 0 Å². The Bertz CT molecular complexity index is 286. The van der Waals surface area contributed by atoms with E-state index in [0.717, 1.165) is 38.5 Å². The van der Waals surface area contributed by atoms with Crippen molar-refractivity contribution in [3.63, 3.8) is 0 Å². The van der Waals surface area contributed by atoms with Crippen LogP contribution >= 0.6 is 0 Å². The zero-order chi connectivity index (χ0) is 10.7. The summed E-state index contributed by atoms with van der Waals surface area (Å²) >= 11 is 0. The summed E-state index contributed by atoms with van der Waals surface area (Å²) in [4.78, 5) is 4.73. The minimum atomic E-state index is 0.480. The van der Waals surface area contributed by atoms with E-state index in [1.165, 1.54) is 0 Å². The van der Waals surface area contributed by atoms with E-state index in [9.17, 15) is 0 Å². The molecule has 1 aliphatic rings. The second kappa shape index (κ2) is 4.79. The predicted octanol–water partition coefficient (Wildman–Crippen LogP) is 0.354. The molecule has 0 saturated carbocycles. The van der Waals surface area contributed by atoms with Gasteiger partial charge in [0.15, 0.2) is 0 Å². The van der Waals surface area contributed by atoms with Crippen LogP contribution in [-0.2, 0) is 6.54 Å². The molecule has 0 radical (unpaired) electrons. The number of piperazine rings is 1. The van der Waals surface area contributed by atoms with Gasteiger partial charge in [0.1, 0.15) is 5.76 Å². The average molecular weight is 209 g/mol. The third-order valence-corrected chi connectivity index (χ3v) is 3.09. The molecule has 1 atom stereocenters. The molecule has 0 bridgehead atoms. The van der Waals surface area contributed by atoms with Crippen LogP contribution in [0.25, 0.3) is 0 Å². The molecule has 0 aliphatic carbocycles. The van der Waals surface area contributed by atoms with Gasteiger partial charge in [-0.2, -0.15) is 0 Å². The van der Waals surface area contributed by atoms with Crippen molar-refractivity contribution >= 4 is 0 Å². The standard InChI is InChI=1S/C11H19N3O/c1-13-4-5-14(8-10(13)7-12)9-11-3-2-6-15-11/h2-3,6,10H,4-5,7-9,12H2,1H3. The van der Waals surface area contributed by atoms with Crippen molar-refractivity contribution < 1.29 is 4.42 Å². The van der Waals surface area contributed by atoms with E-state index in [4.69, 9.17) is 10.2 Å². The molecule has 1 unspecified atom stereocenters. The highest BCUT2D eigenvalue weighted by atomic mass is 16.3. The Kier molecular flexibility index (Phi) is 3.41.